The van der Waals surface area contributed by atoms with E-state index in [-0.39, 0.29) is 5.97 Å². The molecule has 0 saturated carbocycles. The molecule has 4 nitrogen and oxygen atoms in total. The van der Waals surface area contributed by atoms with Gasteiger partial charge in [0.15, 0.2) is 0 Å². The third-order valence-corrected chi connectivity index (χ3v) is 2.22. The summed E-state index contributed by atoms with van der Waals surface area (Å²) in [5.74, 6) is -0.178. The van der Waals surface area contributed by atoms with E-state index in [1.807, 2.05) is 12.1 Å². The second-order valence-corrected chi connectivity index (χ2v) is 3.11. The number of hydrogen-bond donors (Lipinski definition) is 0. The van der Waals surface area contributed by atoms with Gasteiger partial charge in [-0.1, -0.05) is 0 Å². The van der Waals surface area contributed by atoms with Crippen molar-refractivity contribution in [2.45, 2.75) is 13.3 Å². The van der Waals surface area contributed by atoms with Gasteiger partial charge in [-0.05, 0) is 19.1 Å². The molecular weight excluding hydrogens is 192 g/mol. The molecule has 82 valence electrons. The molecule has 0 unspecified atom stereocenters. The summed E-state index contributed by atoms with van der Waals surface area (Å²) in [6.45, 7) is 3.59. The Bertz CT molecular complexity index is 301. The van der Waals surface area contributed by atoms with E-state index in [0.717, 1.165) is 12.2 Å². The molecule has 0 amide bonds. The van der Waals surface area contributed by atoms with Crippen LogP contribution in [0.4, 0.5) is 5.69 Å². The summed E-state index contributed by atoms with van der Waals surface area (Å²) >= 11 is 0. The SMILES string of the molecule is CCN(CCC(=O)OC)c1ccncc1. The number of pyridine rings is 1. The molecule has 0 radical (unpaired) electrons. The number of aromatic nitrogens is 1. The molecule has 0 saturated heterocycles. The first-order chi connectivity index (χ1) is 7.27. The highest BCUT2D eigenvalue weighted by atomic mass is 16.5. The van der Waals surface area contributed by atoms with Gasteiger partial charge < -0.3 is 9.64 Å². The predicted molar refractivity (Wildman–Crippen MR) is 58.8 cm³/mol. The van der Waals surface area contributed by atoms with Crippen LogP contribution in [0, 0.1) is 0 Å². The third kappa shape index (κ3) is 3.58. The fourth-order valence-electron chi connectivity index (χ4n) is 1.35. The molecule has 1 aromatic rings. The van der Waals surface area contributed by atoms with Crippen molar-refractivity contribution in [1.29, 1.82) is 0 Å². The number of nitrogens with zero attached hydrogens (tertiary/aromatic N) is 2. The monoisotopic (exact) mass is 208 g/mol. The van der Waals surface area contributed by atoms with Crippen molar-refractivity contribution >= 4 is 11.7 Å². The smallest absolute Gasteiger partial charge is 0.307 e. The lowest BCUT2D eigenvalue weighted by Gasteiger charge is -2.22. The maximum absolute atomic E-state index is 11.0. The van der Waals surface area contributed by atoms with Crippen LogP contribution in [-0.4, -0.2) is 31.2 Å². The van der Waals surface area contributed by atoms with Crippen LogP contribution in [0.1, 0.15) is 13.3 Å². The van der Waals surface area contributed by atoms with Crippen LogP contribution in [0.5, 0.6) is 0 Å². The van der Waals surface area contributed by atoms with Crippen molar-refractivity contribution in [3.8, 4) is 0 Å². The zero-order valence-corrected chi connectivity index (χ0v) is 9.14. The Labute approximate surface area is 89.9 Å². The van der Waals surface area contributed by atoms with Crippen LogP contribution in [-0.2, 0) is 9.53 Å². The van der Waals surface area contributed by atoms with Crippen molar-refractivity contribution in [3.63, 3.8) is 0 Å². The summed E-state index contributed by atoms with van der Waals surface area (Å²) in [4.78, 5) is 17.1. The molecule has 0 aliphatic heterocycles. The standard InChI is InChI=1S/C11H16N2O2/c1-3-13(9-6-11(14)15-2)10-4-7-12-8-5-10/h4-5,7-8H,3,6,9H2,1-2H3. The molecule has 0 aliphatic rings. The minimum absolute atomic E-state index is 0.178. The van der Waals surface area contributed by atoms with Gasteiger partial charge in [0.1, 0.15) is 0 Å². The largest absolute Gasteiger partial charge is 0.469 e. The molecule has 0 N–H and O–H groups in total. The summed E-state index contributed by atoms with van der Waals surface area (Å²) in [7, 11) is 1.41. The van der Waals surface area contributed by atoms with Crippen molar-refractivity contribution in [2.75, 3.05) is 25.1 Å². The molecular formula is C11H16N2O2. The van der Waals surface area contributed by atoms with Gasteiger partial charge in [0, 0.05) is 31.2 Å². The van der Waals surface area contributed by atoms with E-state index in [2.05, 4.69) is 21.5 Å². The highest BCUT2D eigenvalue weighted by Gasteiger charge is 2.06. The van der Waals surface area contributed by atoms with Crippen molar-refractivity contribution in [1.82, 2.24) is 4.98 Å². The van der Waals surface area contributed by atoms with Crippen molar-refractivity contribution < 1.29 is 9.53 Å². The molecule has 1 aromatic heterocycles. The summed E-state index contributed by atoms with van der Waals surface area (Å²) in [5, 5.41) is 0. The average Bonchev–Trinajstić information content (AvgIpc) is 2.31. The third-order valence-electron chi connectivity index (χ3n) is 2.22. The van der Waals surface area contributed by atoms with Crippen LogP contribution in [0.25, 0.3) is 0 Å². The first-order valence-corrected chi connectivity index (χ1v) is 4.99. The van der Waals surface area contributed by atoms with Crippen LogP contribution >= 0.6 is 0 Å². The predicted octanol–water partition coefficient (Wildman–Crippen LogP) is 1.47. The maximum atomic E-state index is 11.0. The number of ether oxygens (including phenoxy) is 1. The summed E-state index contributed by atoms with van der Waals surface area (Å²) in [6, 6.07) is 3.86. The van der Waals surface area contributed by atoms with E-state index in [1.165, 1.54) is 7.11 Å². The topological polar surface area (TPSA) is 42.4 Å². The second kappa shape index (κ2) is 6.01. The lowest BCUT2D eigenvalue weighted by atomic mass is 10.3. The number of carbonyl (C=O) groups excluding carboxylic acids is 1. The number of anilines is 1. The molecule has 0 spiro atoms. The molecule has 0 fully saturated rings. The Morgan fingerprint density at radius 1 is 1.47 bits per heavy atom. The molecule has 0 aliphatic carbocycles. The quantitative estimate of drug-likeness (QED) is 0.687. The highest BCUT2D eigenvalue weighted by molar-refractivity contribution is 5.70. The minimum Gasteiger partial charge on any atom is -0.469 e. The van der Waals surface area contributed by atoms with Crippen molar-refractivity contribution in [3.05, 3.63) is 24.5 Å². The van der Waals surface area contributed by atoms with E-state index in [4.69, 9.17) is 0 Å². The fraction of sp³-hybridized carbons (Fsp3) is 0.455. The number of esters is 1. The molecule has 0 atom stereocenters. The van der Waals surface area contributed by atoms with Gasteiger partial charge in [0.05, 0.1) is 13.5 Å². The van der Waals surface area contributed by atoms with Gasteiger partial charge in [-0.3, -0.25) is 9.78 Å². The van der Waals surface area contributed by atoms with Crippen molar-refractivity contribution in [2.24, 2.45) is 0 Å². The molecule has 1 heterocycles. The summed E-state index contributed by atoms with van der Waals surface area (Å²) in [6.07, 6.45) is 3.90. The van der Waals surface area contributed by atoms with E-state index in [9.17, 15) is 4.79 Å². The Kier molecular flexibility index (Phi) is 4.60. The lowest BCUT2D eigenvalue weighted by molar-refractivity contribution is -0.140. The zero-order chi connectivity index (χ0) is 11.1. The zero-order valence-electron chi connectivity index (χ0n) is 9.14. The number of rotatable bonds is 5. The van der Waals surface area contributed by atoms with Gasteiger partial charge in [-0.15, -0.1) is 0 Å². The van der Waals surface area contributed by atoms with Gasteiger partial charge in [-0.2, -0.15) is 0 Å². The Hall–Kier alpha value is -1.58. The van der Waals surface area contributed by atoms with E-state index in [1.54, 1.807) is 12.4 Å². The molecule has 0 bridgehead atoms. The first kappa shape index (κ1) is 11.5. The van der Waals surface area contributed by atoms with E-state index in [0.29, 0.717) is 13.0 Å². The average molecular weight is 208 g/mol. The van der Waals surface area contributed by atoms with Gasteiger partial charge in [-0.25, -0.2) is 0 Å². The highest BCUT2D eigenvalue weighted by Crippen LogP contribution is 2.11. The maximum Gasteiger partial charge on any atom is 0.307 e. The summed E-state index contributed by atoms with van der Waals surface area (Å²) in [5.41, 5.74) is 1.08. The van der Waals surface area contributed by atoms with E-state index < -0.39 is 0 Å². The van der Waals surface area contributed by atoms with Gasteiger partial charge >= 0.3 is 5.97 Å². The fourth-order valence-corrected chi connectivity index (χ4v) is 1.35. The lowest BCUT2D eigenvalue weighted by Crippen LogP contribution is -2.26. The number of hydrogen-bond acceptors (Lipinski definition) is 4. The molecule has 1 rings (SSSR count). The molecule has 15 heavy (non-hydrogen) atoms. The Morgan fingerprint density at radius 3 is 2.67 bits per heavy atom. The summed E-state index contributed by atoms with van der Waals surface area (Å²) < 4.78 is 4.60. The van der Waals surface area contributed by atoms with Gasteiger partial charge in [0.2, 0.25) is 0 Å². The van der Waals surface area contributed by atoms with Crippen LogP contribution < -0.4 is 4.90 Å². The second-order valence-electron chi connectivity index (χ2n) is 3.11. The normalized spacial score (nSPS) is 9.73. The van der Waals surface area contributed by atoms with Crippen LogP contribution in [0.15, 0.2) is 24.5 Å². The Morgan fingerprint density at radius 2 is 2.13 bits per heavy atom. The van der Waals surface area contributed by atoms with Crippen LogP contribution in [0.2, 0.25) is 0 Å². The molecule has 4 heteroatoms. The van der Waals surface area contributed by atoms with E-state index >= 15 is 0 Å². The van der Waals surface area contributed by atoms with Gasteiger partial charge in [0.25, 0.3) is 0 Å². The number of carbonyl (C=O) groups is 1. The van der Waals surface area contributed by atoms with Crippen LogP contribution in [0.3, 0.4) is 0 Å². The molecule has 0 aromatic carbocycles. The first-order valence-electron chi connectivity index (χ1n) is 4.99. The minimum atomic E-state index is -0.178. The Balaban J connectivity index is 2.53. The number of methoxy groups -OCH3 is 1.